The maximum atomic E-state index is 5.44. The summed E-state index contributed by atoms with van der Waals surface area (Å²) in [6, 6.07) is 4.98. The molecule has 6 heteroatoms. The summed E-state index contributed by atoms with van der Waals surface area (Å²) in [7, 11) is 1.87. The average molecular weight is 463 g/mol. The fourth-order valence-corrected chi connectivity index (χ4v) is 4.79. The topological polar surface area (TPSA) is 45.7 Å². The minimum absolute atomic E-state index is 0. The van der Waals surface area contributed by atoms with E-state index in [9.17, 15) is 0 Å². The molecule has 0 bridgehead atoms. The van der Waals surface area contributed by atoms with Gasteiger partial charge in [0.05, 0.1) is 0 Å². The van der Waals surface area contributed by atoms with Crippen LogP contribution in [0.3, 0.4) is 0 Å². The number of nitrogens with one attached hydrogen (secondary N) is 2. The predicted molar refractivity (Wildman–Crippen MR) is 113 cm³/mol. The summed E-state index contributed by atoms with van der Waals surface area (Å²) in [4.78, 5) is 5.97. The average Bonchev–Trinajstić information content (AvgIpc) is 3.15. The molecule has 2 fully saturated rings. The molecule has 1 saturated carbocycles. The summed E-state index contributed by atoms with van der Waals surface area (Å²) >= 11 is 1.91. The van der Waals surface area contributed by atoms with Crippen molar-refractivity contribution in [3.05, 3.63) is 22.4 Å². The van der Waals surface area contributed by atoms with Gasteiger partial charge in [-0.15, -0.1) is 35.3 Å². The second kappa shape index (κ2) is 9.97. The Morgan fingerprint density at radius 1 is 1.29 bits per heavy atom. The first-order valence-corrected chi connectivity index (χ1v) is 9.79. The van der Waals surface area contributed by atoms with Crippen LogP contribution in [0.2, 0.25) is 0 Å². The summed E-state index contributed by atoms with van der Waals surface area (Å²) in [6.07, 6.45) is 8.76. The molecule has 0 atom stereocenters. The number of hydrogen-bond acceptors (Lipinski definition) is 3. The second-order valence-corrected chi connectivity index (χ2v) is 7.72. The molecule has 0 unspecified atom stereocenters. The molecule has 3 rings (SSSR count). The number of aliphatic imine (C=N–C) groups is 1. The van der Waals surface area contributed by atoms with Crippen molar-refractivity contribution >= 4 is 41.3 Å². The van der Waals surface area contributed by atoms with Crippen LogP contribution in [0.15, 0.2) is 22.5 Å². The molecule has 1 aliphatic heterocycles. The van der Waals surface area contributed by atoms with Crippen molar-refractivity contribution in [2.24, 2.45) is 4.99 Å². The highest BCUT2D eigenvalue weighted by molar-refractivity contribution is 14.0. The lowest BCUT2D eigenvalue weighted by atomic mass is 9.73. The highest BCUT2D eigenvalue weighted by Crippen LogP contribution is 2.41. The van der Waals surface area contributed by atoms with Crippen molar-refractivity contribution in [3.63, 3.8) is 0 Å². The van der Waals surface area contributed by atoms with E-state index < -0.39 is 0 Å². The monoisotopic (exact) mass is 463 g/mol. The Bertz CT molecular complexity index is 494. The molecule has 1 aliphatic carbocycles. The Morgan fingerprint density at radius 2 is 2.04 bits per heavy atom. The maximum Gasteiger partial charge on any atom is 0.191 e. The lowest BCUT2D eigenvalue weighted by Gasteiger charge is -2.37. The Morgan fingerprint density at radius 3 is 2.67 bits per heavy atom. The summed E-state index contributed by atoms with van der Waals surface area (Å²) in [5, 5.41) is 9.40. The Hall–Kier alpha value is -0.340. The second-order valence-electron chi connectivity index (χ2n) is 6.78. The molecule has 24 heavy (non-hydrogen) atoms. The number of rotatable bonds is 4. The first kappa shape index (κ1) is 20.0. The molecule has 1 aromatic rings. The molecule has 0 radical (unpaired) electrons. The molecule has 0 aromatic carbocycles. The zero-order chi connectivity index (χ0) is 16.0. The van der Waals surface area contributed by atoms with Gasteiger partial charge in [-0.3, -0.25) is 4.99 Å². The fraction of sp³-hybridized carbons (Fsp3) is 0.722. The van der Waals surface area contributed by atoms with E-state index in [1.807, 2.05) is 18.4 Å². The molecule has 0 amide bonds. The standard InChI is InChI=1S/C18H29N3OS.HI/c1-19-17(21-15-7-11-22-12-8-15)20-14-18(9-3-2-4-10-18)16-6-5-13-23-16;/h5-6,13,15H,2-4,7-12,14H2,1H3,(H2,19,20,21);1H. The van der Waals surface area contributed by atoms with Crippen molar-refractivity contribution in [1.29, 1.82) is 0 Å². The van der Waals surface area contributed by atoms with Gasteiger partial charge in [-0.1, -0.05) is 25.3 Å². The van der Waals surface area contributed by atoms with Gasteiger partial charge in [0.15, 0.2) is 5.96 Å². The number of hydrogen-bond donors (Lipinski definition) is 2. The SMILES string of the molecule is CN=C(NCC1(c2cccs2)CCCCC1)NC1CCOCC1.I. The smallest absolute Gasteiger partial charge is 0.191 e. The third-order valence-electron chi connectivity index (χ3n) is 5.23. The van der Waals surface area contributed by atoms with Crippen molar-refractivity contribution in [2.75, 3.05) is 26.8 Å². The molecule has 4 nitrogen and oxygen atoms in total. The van der Waals surface area contributed by atoms with E-state index in [1.165, 1.54) is 37.0 Å². The molecule has 0 spiro atoms. The minimum Gasteiger partial charge on any atom is -0.381 e. The molecular formula is C18H30IN3OS. The van der Waals surface area contributed by atoms with Crippen LogP contribution < -0.4 is 10.6 Å². The quantitative estimate of drug-likeness (QED) is 0.405. The number of thiophene rings is 1. The van der Waals surface area contributed by atoms with E-state index in [2.05, 4.69) is 33.1 Å². The zero-order valence-corrected chi connectivity index (χ0v) is 17.7. The van der Waals surface area contributed by atoms with Crippen molar-refractivity contribution in [1.82, 2.24) is 10.6 Å². The van der Waals surface area contributed by atoms with E-state index in [4.69, 9.17) is 4.74 Å². The maximum absolute atomic E-state index is 5.44. The van der Waals surface area contributed by atoms with Crippen molar-refractivity contribution in [3.8, 4) is 0 Å². The molecule has 2 aliphatic rings. The van der Waals surface area contributed by atoms with Gasteiger partial charge in [0.25, 0.3) is 0 Å². The molecule has 2 N–H and O–H groups in total. The lowest BCUT2D eigenvalue weighted by Crippen LogP contribution is -2.50. The Labute approximate surface area is 166 Å². The lowest BCUT2D eigenvalue weighted by molar-refractivity contribution is 0.0822. The number of ether oxygens (including phenoxy) is 1. The van der Waals surface area contributed by atoms with Crippen LogP contribution in [0.4, 0.5) is 0 Å². The summed E-state index contributed by atoms with van der Waals surface area (Å²) < 4.78 is 5.44. The van der Waals surface area contributed by atoms with Crippen LogP contribution in [-0.2, 0) is 10.2 Å². The van der Waals surface area contributed by atoms with E-state index in [0.29, 0.717) is 11.5 Å². The first-order valence-electron chi connectivity index (χ1n) is 8.91. The van der Waals surface area contributed by atoms with Crippen molar-refractivity contribution in [2.45, 2.75) is 56.4 Å². The van der Waals surface area contributed by atoms with Gasteiger partial charge in [-0.05, 0) is 37.1 Å². The van der Waals surface area contributed by atoms with Gasteiger partial charge >= 0.3 is 0 Å². The van der Waals surface area contributed by atoms with Crippen LogP contribution in [0.25, 0.3) is 0 Å². The van der Waals surface area contributed by atoms with Gasteiger partial charge < -0.3 is 15.4 Å². The Kier molecular flexibility index (Phi) is 8.30. The molecule has 1 saturated heterocycles. The molecular weight excluding hydrogens is 433 g/mol. The van der Waals surface area contributed by atoms with E-state index >= 15 is 0 Å². The van der Waals surface area contributed by atoms with Gasteiger partial charge in [0, 0.05) is 43.1 Å². The molecule has 1 aromatic heterocycles. The third kappa shape index (κ3) is 5.08. The Balaban J connectivity index is 0.00000208. The van der Waals surface area contributed by atoms with Gasteiger partial charge in [-0.25, -0.2) is 0 Å². The minimum atomic E-state index is 0. The predicted octanol–water partition coefficient (Wildman–Crippen LogP) is 3.91. The third-order valence-corrected chi connectivity index (χ3v) is 6.35. The molecule has 2 heterocycles. The first-order chi connectivity index (χ1) is 11.3. The van der Waals surface area contributed by atoms with E-state index in [1.54, 1.807) is 0 Å². The number of guanidine groups is 1. The van der Waals surface area contributed by atoms with Gasteiger partial charge in [0.1, 0.15) is 0 Å². The van der Waals surface area contributed by atoms with Crippen LogP contribution in [0.1, 0.15) is 49.8 Å². The number of halogens is 1. The highest BCUT2D eigenvalue weighted by Gasteiger charge is 2.35. The van der Waals surface area contributed by atoms with Crippen LogP contribution in [0.5, 0.6) is 0 Å². The highest BCUT2D eigenvalue weighted by atomic mass is 127. The van der Waals surface area contributed by atoms with Crippen LogP contribution in [-0.4, -0.2) is 38.8 Å². The van der Waals surface area contributed by atoms with Gasteiger partial charge in [0.2, 0.25) is 0 Å². The van der Waals surface area contributed by atoms with Crippen LogP contribution >= 0.6 is 35.3 Å². The van der Waals surface area contributed by atoms with E-state index in [-0.39, 0.29) is 24.0 Å². The summed E-state index contributed by atoms with van der Waals surface area (Å²) in [5.41, 5.74) is 0.291. The number of nitrogens with zero attached hydrogens (tertiary/aromatic N) is 1. The fourth-order valence-electron chi connectivity index (χ4n) is 3.80. The summed E-state index contributed by atoms with van der Waals surface area (Å²) in [5.74, 6) is 0.943. The zero-order valence-electron chi connectivity index (χ0n) is 14.6. The molecule has 136 valence electrons. The largest absolute Gasteiger partial charge is 0.381 e. The van der Waals surface area contributed by atoms with Crippen molar-refractivity contribution < 1.29 is 4.74 Å². The summed E-state index contributed by atoms with van der Waals surface area (Å²) in [6.45, 7) is 2.69. The normalized spacial score (nSPS) is 21.8. The van der Waals surface area contributed by atoms with E-state index in [0.717, 1.165) is 38.6 Å². The van der Waals surface area contributed by atoms with Gasteiger partial charge in [-0.2, -0.15) is 0 Å². The van der Waals surface area contributed by atoms with Crippen LogP contribution in [0, 0.1) is 0 Å².